The normalized spacial score (nSPS) is 32.5. The van der Waals surface area contributed by atoms with Crippen LogP contribution in [0, 0.1) is 0 Å². The summed E-state index contributed by atoms with van der Waals surface area (Å²) in [5.74, 6) is -2.77. The highest BCUT2D eigenvalue weighted by molar-refractivity contribution is 6.00. The van der Waals surface area contributed by atoms with Gasteiger partial charge in [0.2, 0.25) is 0 Å². The summed E-state index contributed by atoms with van der Waals surface area (Å²) in [5.41, 5.74) is 0.719. The molecule has 6 heteroatoms. The molecule has 104 valence electrons. The maximum Gasteiger partial charge on any atom is 0.340 e. The van der Waals surface area contributed by atoms with E-state index < -0.39 is 17.9 Å². The van der Waals surface area contributed by atoms with Crippen molar-refractivity contribution in [3.63, 3.8) is 0 Å². The van der Waals surface area contributed by atoms with Crippen molar-refractivity contribution >= 4 is 11.9 Å². The number of nitrogens with zero attached hydrogens (tertiary/aromatic N) is 2. The lowest BCUT2D eigenvalue weighted by atomic mass is 10.0. The lowest BCUT2D eigenvalue weighted by Gasteiger charge is -2.49. The van der Waals surface area contributed by atoms with Crippen LogP contribution < -0.4 is 0 Å². The number of amides is 1. The number of hydrogen-bond acceptors (Lipinski definition) is 5. The van der Waals surface area contributed by atoms with Crippen molar-refractivity contribution < 1.29 is 19.4 Å². The standard InChI is InChI=1S/C14H14N2O4/c17-12-9-5-1-2-6-10(9)14(19)16(12)15-8-4-3-7-11(15)13(18)20-14/h1-2,5-6,11,19H,3-4,7-8H2. The molecule has 1 aromatic carbocycles. The van der Waals surface area contributed by atoms with Crippen LogP contribution in [0.15, 0.2) is 24.3 Å². The largest absolute Gasteiger partial charge is 0.407 e. The Balaban J connectivity index is 1.87. The van der Waals surface area contributed by atoms with Crippen LogP contribution in [0.1, 0.15) is 35.2 Å². The quantitative estimate of drug-likeness (QED) is 0.700. The van der Waals surface area contributed by atoms with Gasteiger partial charge in [-0.05, 0) is 31.4 Å². The second kappa shape index (κ2) is 3.80. The van der Waals surface area contributed by atoms with E-state index in [0.29, 0.717) is 24.1 Å². The Bertz CT molecular complexity index is 617. The topological polar surface area (TPSA) is 70.1 Å². The molecule has 20 heavy (non-hydrogen) atoms. The maximum absolute atomic E-state index is 12.5. The number of hydrazine groups is 1. The molecule has 0 spiro atoms. The van der Waals surface area contributed by atoms with Gasteiger partial charge in [0, 0.05) is 6.54 Å². The molecule has 3 aliphatic heterocycles. The molecule has 6 nitrogen and oxygen atoms in total. The van der Waals surface area contributed by atoms with Crippen molar-refractivity contribution in [2.45, 2.75) is 31.2 Å². The lowest BCUT2D eigenvalue weighted by molar-refractivity contribution is -0.346. The van der Waals surface area contributed by atoms with Crippen LogP contribution in [-0.4, -0.2) is 39.6 Å². The zero-order valence-corrected chi connectivity index (χ0v) is 10.8. The third-order valence-corrected chi connectivity index (χ3v) is 4.23. The van der Waals surface area contributed by atoms with Crippen molar-refractivity contribution in [3.8, 4) is 0 Å². The number of piperidine rings is 1. The van der Waals surface area contributed by atoms with Crippen LogP contribution in [0.2, 0.25) is 0 Å². The highest BCUT2D eigenvalue weighted by atomic mass is 16.7. The van der Waals surface area contributed by atoms with Crippen LogP contribution in [0.25, 0.3) is 0 Å². The van der Waals surface area contributed by atoms with Gasteiger partial charge in [0.25, 0.3) is 5.91 Å². The number of rotatable bonds is 0. The average molecular weight is 274 g/mol. The minimum atomic E-state index is -1.99. The van der Waals surface area contributed by atoms with Crippen LogP contribution in [0.5, 0.6) is 0 Å². The van der Waals surface area contributed by atoms with Gasteiger partial charge in [-0.1, -0.05) is 12.1 Å². The number of aliphatic hydroxyl groups is 1. The predicted molar refractivity (Wildman–Crippen MR) is 66.9 cm³/mol. The second-order valence-electron chi connectivity index (χ2n) is 5.37. The fourth-order valence-corrected chi connectivity index (χ4v) is 3.31. The van der Waals surface area contributed by atoms with Crippen molar-refractivity contribution in [2.24, 2.45) is 0 Å². The first kappa shape index (κ1) is 11.9. The van der Waals surface area contributed by atoms with Crippen LogP contribution in [0.3, 0.4) is 0 Å². The minimum Gasteiger partial charge on any atom is -0.407 e. The molecule has 3 heterocycles. The Hall–Kier alpha value is -1.92. The highest BCUT2D eigenvalue weighted by Gasteiger charge is 2.60. The first-order valence-electron chi connectivity index (χ1n) is 6.79. The van der Waals surface area contributed by atoms with Gasteiger partial charge in [0.05, 0.1) is 11.1 Å². The lowest BCUT2D eigenvalue weighted by Crippen LogP contribution is -2.67. The van der Waals surface area contributed by atoms with Crippen molar-refractivity contribution in [1.29, 1.82) is 0 Å². The number of carbonyl (C=O) groups excluding carboxylic acids is 2. The molecule has 0 bridgehead atoms. The fraction of sp³-hybridized carbons (Fsp3) is 0.429. The molecule has 0 radical (unpaired) electrons. The SMILES string of the molecule is O=C1OC2(O)c3ccccc3C(=O)N2N2CCCCC12. The molecule has 3 aliphatic rings. The summed E-state index contributed by atoms with van der Waals surface area (Å²) in [6.45, 7) is 0.571. The highest BCUT2D eigenvalue weighted by Crippen LogP contribution is 2.44. The van der Waals surface area contributed by atoms with E-state index in [1.54, 1.807) is 29.3 Å². The van der Waals surface area contributed by atoms with Crippen molar-refractivity contribution in [1.82, 2.24) is 10.0 Å². The Kier molecular flexibility index (Phi) is 2.26. The molecule has 1 amide bonds. The summed E-state index contributed by atoms with van der Waals surface area (Å²) in [4.78, 5) is 24.7. The van der Waals surface area contributed by atoms with E-state index >= 15 is 0 Å². The molecule has 1 aromatic rings. The van der Waals surface area contributed by atoms with Gasteiger partial charge < -0.3 is 9.84 Å². The van der Waals surface area contributed by atoms with E-state index in [0.717, 1.165) is 12.8 Å². The van der Waals surface area contributed by atoms with Crippen LogP contribution >= 0.6 is 0 Å². The van der Waals surface area contributed by atoms with E-state index in [2.05, 4.69) is 0 Å². The summed E-state index contributed by atoms with van der Waals surface area (Å²) in [5, 5.41) is 13.6. The van der Waals surface area contributed by atoms with Gasteiger partial charge in [0.1, 0.15) is 6.04 Å². The zero-order chi connectivity index (χ0) is 13.9. The smallest absolute Gasteiger partial charge is 0.340 e. The molecule has 4 rings (SSSR count). The summed E-state index contributed by atoms with van der Waals surface area (Å²) >= 11 is 0. The fourth-order valence-electron chi connectivity index (χ4n) is 3.31. The molecule has 1 N–H and O–H groups in total. The first-order chi connectivity index (χ1) is 9.63. The average Bonchev–Trinajstić information content (AvgIpc) is 2.68. The monoisotopic (exact) mass is 274 g/mol. The van der Waals surface area contributed by atoms with E-state index in [4.69, 9.17) is 4.74 Å². The molecule has 0 saturated carbocycles. The van der Waals surface area contributed by atoms with Crippen molar-refractivity contribution in [3.05, 3.63) is 35.4 Å². The number of benzene rings is 1. The molecule has 2 fully saturated rings. The number of hydrogen-bond donors (Lipinski definition) is 1. The molecular formula is C14H14N2O4. The van der Waals surface area contributed by atoms with Gasteiger partial charge in [-0.15, -0.1) is 0 Å². The molecule has 0 aliphatic carbocycles. The number of esters is 1. The summed E-state index contributed by atoms with van der Waals surface area (Å²) in [7, 11) is 0. The van der Waals surface area contributed by atoms with E-state index in [1.165, 1.54) is 5.01 Å². The maximum atomic E-state index is 12.5. The van der Waals surface area contributed by atoms with E-state index in [1.807, 2.05) is 0 Å². The number of carbonyl (C=O) groups is 2. The molecule has 2 unspecified atom stereocenters. The van der Waals surface area contributed by atoms with Gasteiger partial charge in [-0.3, -0.25) is 9.59 Å². The minimum absolute atomic E-state index is 0.317. The summed E-state index contributed by atoms with van der Waals surface area (Å²) < 4.78 is 5.24. The third-order valence-electron chi connectivity index (χ3n) is 4.23. The van der Waals surface area contributed by atoms with E-state index in [-0.39, 0.29) is 5.91 Å². The van der Waals surface area contributed by atoms with Gasteiger partial charge in [-0.25, -0.2) is 0 Å². The van der Waals surface area contributed by atoms with Gasteiger partial charge in [0.15, 0.2) is 0 Å². The predicted octanol–water partition coefficient (Wildman–Crippen LogP) is 0.571. The van der Waals surface area contributed by atoms with Gasteiger partial charge >= 0.3 is 11.9 Å². The van der Waals surface area contributed by atoms with E-state index in [9.17, 15) is 14.7 Å². The Morgan fingerprint density at radius 2 is 2.05 bits per heavy atom. The van der Waals surface area contributed by atoms with Gasteiger partial charge in [-0.2, -0.15) is 10.0 Å². The number of ether oxygens (including phenoxy) is 1. The number of fused-ring (bicyclic) bond motifs is 5. The first-order valence-corrected chi connectivity index (χ1v) is 6.79. The molecular weight excluding hydrogens is 260 g/mol. The Morgan fingerprint density at radius 3 is 2.90 bits per heavy atom. The Labute approximate surface area is 115 Å². The zero-order valence-electron chi connectivity index (χ0n) is 10.8. The second-order valence-corrected chi connectivity index (χ2v) is 5.37. The third kappa shape index (κ3) is 1.30. The summed E-state index contributed by atoms with van der Waals surface area (Å²) in [6.07, 6.45) is 2.46. The summed E-state index contributed by atoms with van der Waals surface area (Å²) in [6, 6.07) is 6.23. The van der Waals surface area contributed by atoms with Crippen LogP contribution in [0.4, 0.5) is 0 Å². The molecule has 2 atom stereocenters. The van der Waals surface area contributed by atoms with Crippen LogP contribution in [-0.2, 0) is 15.4 Å². The molecule has 2 saturated heterocycles. The van der Waals surface area contributed by atoms with Crippen molar-refractivity contribution in [2.75, 3.05) is 6.54 Å². The Morgan fingerprint density at radius 1 is 1.25 bits per heavy atom. The molecule has 0 aromatic heterocycles.